The second-order valence-corrected chi connectivity index (χ2v) is 4.53. The van der Waals surface area contributed by atoms with Crippen LogP contribution in [0.1, 0.15) is 19.3 Å². The maximum Gasteiger partial charge on any atom is 0.123 e. The van der Waals surface area contributed by atoms with Crippen molar-refractivity contribution in [2.45, 2.75) is 25.4 Å². The molecule has 0 heterocycles. The number of fused-ring (bicyclic) bond motifs is 2. The van der Waals surface area contributed by atoms with Crippen LogP contribution in [0, 0.1) is 5.92 Å². The molecule has 0 radical (unpaired) electrons. The van der Waals surface area contributed by atoms with Crippen molar-refractivity contribution in [3.8, 4) is 11.5 Å². The Morgan fingerprint density at radius 3 is 2.38 bits per heavy atom. The van der Waals surface area contributed by atoms with Gasteiger partial charge < -0.3 is 9.47 Å². The molecule has 0 aromatic heterocycles. The zero-order valence-electron chi connectivity index (χ0n) is 9.48. The summed E-state index contributed by atoms with van der Waals surface area (Å²) in [5.74, 6) is 2.54. The Labute approximate surface area is 95.9 Å². The highest BCUT2D eigenvalue weighted by Gasteiger charge is 2.36. The van der Waals surface area contributed by atoms with Crippen LogP contribution in [0.2, 0.25) is 0 Å². The molecule has 0 amide bonds. The van der Waals surface area contributed by atoms with E-state index in [1.165, 1.54) is 24.8 Å². The first-order chi connectivity index (χ1) is 7.86. The molecule has 1 aromatic carbocycles. The van der Waals surface area contributed by atoms with Gasteiger partial charge in [-0.2, -0.15) is 0 Å². The Morgan fingerprint density at radius 2 is 1.88 bits per heavy atom. The summed E-state index contributed by atoms with van der Waals surface area (Å²) in [6.45, 7) is 0. The van der Waals surface area contributed by atoms with Gasteiger partial charge in [0.15, 0.2) is 0 Å². The predicted molar refractivity (Wildman–Crippen MR) is 62.8 cm³/mol. The summed E-state index contributed by atoms with van der Waals surface area (Å²) in [7, 11) is 1.68. The highest BCUT2D eigenvalue weighted by molar-refractivity contribution is 5.33. The summed E-state index contributed by atoms with van der Waals surface area (Å²) >= 11 is 0. The Balaban J connectivity index is 1.72. The van der Waals surface area contributed by atoms with Gasteiger partial charge >= 0.3 is 0 Å². The fourth-order valence-corrected chi connectivity index (χ4v) is 2.68. The van der Waals surface area contributed by atoms with E-state index in [-0.39, 0.29) is 0 Å². The Morgan fingerprint density at radius 1 is 1.12 bits per heavy atom. The van der Waals surface area contributed by atoms with E-state index in [9.17, 15) is 0 Å². The van der Waals surface area contributed by atoms with Crippen LogP contribution in [-0.4, -0.2) is 13.2 Å². The molecule has 1 fully saturated rings. The van der Waals surface area contributed by atoms with Crippen molar-refractivity contribution in [2.75, 3.05) is 7.11 Å². The zero-order valence-corrected chi connectivity index (χ0v) is 9.48. The number of hydrogen-bond acceptors (Lipinski definition) is 2. The van der Waals surface area contributed by atoms with Crippen molar-refractivity contribution in [1.82, 2.24) is 0 Å². The average molecular weight is 216 g/mol. The summed E-state index contributed by atoms with van der Waals surface area (Å²) < 4.78 is 11.2. The SMILES string of the molecule is COc1ccc(OC2C3=CCC2CC3)cc1. The van der Waals surface area contributed by atoms with Crippen LogP contribution in [0.15, 0.2) is 35.9 Å². The van der Waals surface area contributed by atoms with Crippen LogP contribution >= 0.6 is 0 Å². The van der Waals surface area contributed by atoms with Gasteiger partial charge in [0.25, 0.3) is 0 Å². The van der Waals surface area contributed by atoms with Crippen LogP contribution in [0.3, 0.4) is 0 Å². The van der Waals surface area contributed by atoms with E-state index >= 15 is 0 Å². The Hall–Kier alpha value is -1.44. The Kier molecular flexibility index (Phi) is 2.35. The van der Waals surface area contributed by atoms with Gasteiger partial charge in [0.05, 0.1) is 7.11 Å². The van der Waals surface area contributed by atoms with Gasteiger partial charge in [-0.1, -0.05) is 6.08 Å². The lowest BCUT2D eigenvalue weighted by atomic mass is 10.1. The smallest absolute Gasteiger partial charge is 0.123 e. The monoisotopic (exact) mass is 216 g/mol. The fraction of sp³-hybridized carbons (Fsp3) is 0.429. The van der Waals surface area contributed by atoms with Gasteiger partial charge in [-0.15, -0.1) is 0 Å². The van der Waals surface area contributed by atoms with E-state index in [1.54, 1.807) is 7.11 Å². The highest BCUT2D eigenvalue weighted by Crippen LogP contribution is 2.42. The topological polar surface area (TPSA) is 18.5 Å². The molecule has 2 aliphatic rings. The molecule has 2 aliphatic carbocycles. The molecule has 0 saturated heterocycles. The van der Waals surface area contributed by atoms with E-state index in [0.717, 1.165) is 17.4 Å². The number of ether oxygens (including phenoxy) is 2. The zero-order chi connectivity index (χ0) is 11.0. The van der Waals surface area contributed by atoms with Crippen molar-refractivity contribution >= 4 is 0 Å². The minimum Gasteiger partial charge on any atom is -0.497 e. The van der Waals surface area contributed by atoms with Gasteiger partial charge in [-0.3, -0.25) is 0 Å². The lowest BCUT2D eigenvalue weighted by Gasteiger charge is -2.17. The Bertz CT molecular complexity index is 405. The molecule has 2 heteroatoms. The van der Waals surface area contributed by atoms with Crippen LogP contribution in [0.5, 0.6) is 11.5 Å². The molecule has 16 heavy (non-hydrogen) atoms. The molecule has 84 valence electrons. The number of methoxy groups -OCH3 is 1. The number of allylic oxidation sites excluding steroid dienone is 1. The molecule has 2 unspecified atom stereocenters. The van der Waals surface area contributed by atoms with Gasteiger partial charge in [-0.25, -0.2) is 0 Å². The molecule has 1 saturated carbocycles. The molecule has 2 nitrogen and oxygen atoms in total. The maximum atomic E-state index is 6.04. The first kappa shape index (κ1) is 9.76. The van der Waals surface area contributed by atoms with Crippen LogP contribution in [0.4, 0.5) is 0 Å². The second-order valence-electron chi connectivity index (χ2n) is 4.53. The van der Waals surface area contributed by atoms with Gasteiger partial charge in [-0.05, 0) is 49.1 Å². The van der Waals surface area contributed by atoms with Crippen molar-refractivity contribution in [3.63, 3.8) is 0 Å². The normalized spacial score (nSPS) is 26.7. The van der Waals surface area contributed by atoms with Crippen molar-refractivity contribution in [1.29, 1.82) is 0 Å². The van der Waals surface area contributed by atoms with E-state index in [1.807, 2.05) is 24.3 Å². The molecule has 1 aromatic rings. The lowest BCUT2D eigenvalue weighted by molar-refractivity contribution is 0.200. The summed E-state index contributed by atoms with van der Waals surface area (Å²) in [4.78, 5) is 0. The molecular formula is C14H16O2. The van der Waals surface area contributed by atoms with Crippen molar-refractivity contribution in [3.05, 3.63) is 35.9 Å². The standard InChI is InChI=1S/C14H16O2/c1-15-12-6-8-13(9-7-12)16-14-10-2-3-11(14)5-4-10/h2,6-9,11,14H,3-5H2,1H3. The molecule has 3 rings (SSSR count). The maximum absolute atomic E-state index is 6.04. The first-order valence-electron chi connectivity index (χ1n) is 5.86. The largest absolute Gasteiger partial charge is 0.497 e. The number of hydrogen-bond donors (Lipinski definition) is 0. The third-order valence-corrected chi connectivity index (χ3v) is 3.60. The third-order valence-electron chi connectivity index (χ3n) is 3.60. The van der Waals surface area contributed by atoms with E-state index in [4.69, 9.17) is 9.47 Å². The summed E-state index contributed by atoms with van der Waals surface area (Å²) in [6, 6.07) is 7.86. The molecule has 2 atom stereocenters. The van der Waals surface area contributed by atoms with E-state index in [0.29, 0.717) is 6.10 Å². The number of rotatable bonds is 3. The van der Waals surface area contributed by atoms with Crippen LogP contribution in [0.25, 0.3) is 0 Å². The summed E-state index contributed by atoms with van der Waals surface area (Å²) in [6.07, 6.45) is 6.42. The quantitative estimate of drug-likeness (QED) is 0.722. The average Bonchev–Trinajstić information content (AvgIpc) is 2.90. The molecule has 0 spiro atoms. The van der Waals surface area contributed by atoms with Crippen LogP contribution < -0.4 is 9.47 Å². The molecule has 0 N–H and O–H groups in total. The van der Waals surface area contributed by atoms with Crippen molar-refractivity contribution < 1.29 is 9.47 Å². The van der Waals surface area contributed by atoms with E-state index in [2.05, 4.69) is 6.08 Å². The van der Waals surface area contributed by atoms with Crippen LogP contribution in [-0.2, 0) is 0 Å². The second kappa shape index (κ2) is 3.85. The summed E-state index contributed by atoms with van der Waals surface area (Å²) in [5, 5.41) is 0. The van der Waals surface area contributed by atoms with E-state index < -0.39 is 0 Å². The fourth-order valence-electron chi connectivity index (χ4n) is 2.68. The lowest BCUT2D eigenvalue weighted by Crippen LogP contribution is -2.18. The van der Waals surface area contributed by atoms with Gasteiger partial charge in [0, 0.05) is 5.92 Å². The number of benzene rings is 1. The molecule has 0 aliphatic heterocycles. The van der Waals surface area contributed by atoms with Gasteiger partial charge in [0.1, 0.15) is 17.6 Å². The molecular weight excluding hydrogens is 200 g/mol. The highest BCUT2D eigenvalue weighted by atomic mass is 16.5. The summed E-state index contributed by atoms with van der Waals surface area (Å²) in [5.41, 5.74) is 1.50. The third kappa shape index (κ3) is 1.58. The first-order valence-corrected chi connectivity index (χ1v) is 5.86. The minimum atomic E-state index is 0.341. The molecule has 2 bridgehead atoms. The van der Waals surface area contributed by atoms with Crippen molar-refractivity contribution in [2.24, 2.45) is 5.92 Å². The predicted octanol–water partition coefficient (Wildman–Crippen LogP) is 3.18. The van der Waals surface area contributed by atoms with Gasteiger partial charge in [0.2, 0.25) is 0 Å². The minimum absolute atomic E-state index is 0.341.